The average molecular weight is 275 g/mol. The topological polar surface area (TPSA) is 60.2 Å². The van der Waals surface area contributed by atoms with Crippen molar-refractivity contribution in [1.29, 1.82) is 0 Å². The van der Waals surface area contributed by atoms with E-state index in [9.17, 15) is 4.39 Å². The van der Waals surface area contributed by atoms with Crippen LogP contribution in [0.3, 0.4) is 0 Å². The Bertz CT molecular complexity index is 548. The highest BCUT2D eigenvalue weighted by atomic mass is 19.1. The summed E-state index contributed by atoms with van der Waals surface area (Å²) in [6, 6.07) is 10.3. The third kappa shape index (κ3) is 3.53. The van der Waals surface area contributed by atoms with Gasteiger partial charge >= 0.3 is 0 Å². The first-order chi connectivity index (χ1) is 9.74. The van der Waals surface area contributed by atoms with Crippen molar-refractivity contribution in [3.63, 3.8) is 0 Å². The summed E-state index contributed by atoms with van der Waals surface area (Å²) in [6.45, 7) is 0. The maximum Gasteiger partial charge on any atom is 0.131 e. The Morgan fingerprint density at radius 2 is 2.20 bits per heavy atom. The van der Waals surface area contributed by atoms with E-state index in [0.717, 1.165) is 12.1 Å². The van der Waals surface area contributed by atoms with E-state index in [1.54, 1.807) is 18.3 Å². The SMILES string of the molecule is COc1ccc(C(CCc2ccccn2)NN)c(F)c1. The molecule has 1 heterocycles. The van der Waals surface area contributed by atoms with Crippen LogP contribution in [0.4, 0.5) is 4.39 Å². The fourth-order valence-corrected chi connectivity index (χ4v) is 2.08. The summed E-state index contributed by atoms with van der Waals surface area (Å²) in [4.78, 5) is 4.25. The molecular formula is C15H18FN3O. The smallest absolute Gasteiger partial charge is 0.131 e. The molecule has 2 aromatic rings. The van der Waals surface area contributed by atoms with Crippen LogP contribution >= 0.6 is 0 Å². The highest BCUT2D eigenvalue weighted by Gasteiger charge is 2.15. The average Bonchev–Trinajstić information content (AvgIpc) is 2.50. The number of hydrogen-bond acceptors (Lipinski definition) is 4. The zero-order valence-electron chi connectivity index (χ0n) is 11.3. The number of methoxy groups -OCH3 is 1. The standard InChI is InChI=1S/C15H18FN3O/c1-20-12-6-7-13(14(16)10-12)15(19-17)8-5-11-4-2-3-9-18-11/h2-4,6-7,9-10,15,19H,5,8,17H2,1H3. The number of aromatic nitrogens is 1. The molecule has 0 saturated heterocycles. The van der Waals surface area contributed by atoms with E-state index in [2.05, 4.69) is 10.4 Å². The minimum absolute atomic E-state index is 0.261. The number of halogens is 1. The highest BCUT2D eigenvalue weighted by molar-refractivity contribution is 5.30. The molecule has 0 fully saturated rings. The van der Waals surface area contributed by atoms with Crippen molar-refractivity contribution in [2.75, 3.05) is 7.11 Å². The molecule has 1 atom stereocenters. The van der Waals surface area contributed by atoms with Gasteiger partial charge in [0.15, 0.2) is 0 Å². The molecule has 1 aromatic carbocycles. The number of nitrogens with zero attached hydrogens (tertiary/aromatic N) is 1. The minimum Gasteiger partial charge on any atom is -0.497 e. The molecule has 0 radical (unpaired) electrons. The van der Waals surface area contributed by atoms with Crippen molar-refractivity contribution >= 4 is 0 Å². The maximum atomic E-state index is 14.0. The normalized spacial score (nSPS) is 12.2. The van der Waals surface area contributed by atoms with Gasteiger partial charge in [0.2, 0.25) is 0 Å². The summed E-state index contributed by atoms with van der Waals surface area (Å²) in [7, 11) is 1.51. The van der Waals surface area contributed by atoms with Crippen molar-refractivity contribution in [3.8, 4) is 5.75 Å². The molecule has 1 unspecified atom stereocenters. The largest absolute Gasteiger partial charge is 0.497 e. The Kier molecular flexibility index (Phi) is 5.03. The number of aryl methyl sites for hydroxylation is 1. The Labute approximate surface area is 117 Å². The van der Waals surface area contributed by atoms with Gasteiger partial charge in [0.25, 0.3) is 0 Å². The van der Waals surface area contributed by atoms with Crippen molar-refractivity contribution in [2.45, 2.75) is 18.9 Å². The van der Waals surface area contributed by atoms with Crippen molar-refractivity contribution in [1.82, 2.24) is 10.4 Å². The summed E-state index contributed by atoms with van der Waals surface area (Å²) in [5, 5.41) is 0. The van der Waals surface area contributed by atoms with Gasteiger partial charge in [-0.25, -0.2) is 4.39 Å². The number of benzene rings is 1. The van der Waals surface area contributed by atoms with Crippen LogP contribution in [-0.2, 0) is 6.42 Å². The van der Waals surface area contributed by atoms with Gasteiger partial charge in [-0.3, -0.25) is 16.3 Å². The van der Waals surface area contributed by atoms with Crippen LogP contribution in [0.25, 0.3) is 0 Å². The first-order valence-corrected chi connectivity index (χ1v) is 6.44. The van der Waals surface area contributed by atoms with Crippen molar-refractivity contribution in [2.24, 2.45) is 5.84 Å². The van der Waals surface area contributed by atoms with Crippen LogP contribution in [0, 0.1) is 5.82 Å². The van der Waals surface area contributed by atoms with E-state index in [-0.39, 0.29) is 11.9 Å². The molecule has 0 saturated carbocycles. The molecule has 3 N–H and O–H groups in total. The van der Waals surface area contributed by atoms with Gasteiger partial charge in [-0.05, 0) is 31.0 Å². The summed E-state index contributed by atoms with van der Waals surface area (Å²) in [5.74, 6) is 5.71. The van der Waals surface area contributed by atoms with Crippen LogP contribution in [0.5, 0.6) is 5.75 Å². The number of rotatable bonds is 6. The number of hydrogen-bond donors (Lipinski definition) is 2. The molecule has 0 spiro atoms. The molecule has 0 aliphatic carbocycles. The number of nitrogens with two attached hydrogens (primary N) is 1. The number of ether oxygens (including phenoxy) is 1. The second kappa shape index (κ2) is 6.98. The van der Waals surface area contributed by atoms with E-state index in [4.69, 9.17) is 10.6 Å². The van der Waals surface area contributed by atoms with E-state index in [1.165, 1.54) is 13.2 Å². The van der Waals surface area contributed by atoms with Crippen LogP contribution in [0.2, 0.25) is 0 Å². The van der Waals surface area contributed by atoms with Gasteiger partial charge in [0, 0.05) is 29.6 Å². The highest BCUT2D eigenvalue weighted by Crippen LogP contribution is 2.24. The molecule has 0 bridgehead atoms. The summed E-state index contributed by atoms with van der Waals surface area (Å²) in [5.41, 5.74) is 4.15. The molecule has 0 amide bonds. The molecule has 20 heavy (non-hydrogen) atoms. The number of hydrazine groups is 1. The quantitative estimate of drug-likeness (QED) is 0.627. The third-order valence-electron chi connectivity index (χ3n) is 3.20. The number of nitrogens with one attached hydrogen (secondary N) is 1. The molecule has 106 valence electrons. The summed E-state index contributed by atoms with van der Waals surface area (Å²) in [6.07, 6.45) is 3.13. The lowest BCUT2D eigenvalue weighted by atomic mass is 10.0. The van der Waals surface area contributed by atoms with Gasteiger partial charge in [0.1, 0.15) is 11.6 Å². The lowest BCUT2D eigenvalue weighted by Crippen LogP contribution is -2.29. The molecule has 5 heteroatoms. The van der Waals surface area contributed by atoms with Gasteiger partial charge in [0.05, 0.1) is 7.11 Å². The minimum atomic E-state index is -0.326. The second-order valence-electron chi connectivity index (χ2n) is 4.47. The Morgan fingerprint density at radius 3 is 2.80 bits per heavy atom. The Hall–Kier alpha value is -1.98. The zero-order valence-corrected chi connectivity index (χ0v) is 11.3. The van der Waals surface area contributed by atoms with Crippen molar-refractivity contribution in [3.05, 3.63) is 59.7 Å². The Morgan fingerprint density at radius 1 is 1.35 bits per heavy atom. The van der Waals surface area contributed by atoms with Gasteiger partial charge < -0.3 is 4.74 Å². The van der Waals surface area contributed by atoms with Gasteiger partial charge in [-0.2, -0.15) is 0 Å². The third-order valence-corrected chi connectivity index (χ3v) is 3.20. The molecular weight excluding hydrogens is 257 g/mol. The molecule has 0 aliphatic heterocycles. The zero-order chi connectivity index (χ0) is 14.4. The fraction of sp³-hybridized carbons (Fsp3) is 0.267. The molecule has 4 nitrogen and oxygen atoms in total. The Balaban J connectivity index is 2.08. The maximum absolute atomic E-state index is 14.0. The predicted octanol–water partition coefficient (Wildman–Crippen LogP) is 2.37. The van der Waals surface area contributed by atoms with E-state index in [1.807, 2.05) is 18.2 Å². The van der Waals surface area contributed by atoms with Crippen LogP contribution in [0.1, 0.15) is 23.7 Å². The monoisotopic (exact) mass is 275 g/mol. The van der Waals surface area contributed by atoms with Gasteiger partial charge in [-0.15, -0.1) is 0 Å². The van der Waals surface area contributed by atoms with Crippen LogP contribution < -0.4 is 16.0 Å². The lowest BCUT2D eigenvalue weighted by molar-refractivity contribution is 0.408. The molecule has 1 aromatic heterocycles. The summed E-state index contributed by atoms with van der Waals surface area (Å²) < 4.78 is 19.0. The van der Waals surface area contributed by atoms with Crippen LogP contribution in [0.15, 0.2) is 42.6 Å². The second-order valence-corrected chi connectivity index (χ2v) is 4.47. The first-order valence-electron chi connectivity index (χ1n) is 6.44. The number of pyridine rings is 1. The molecule has 0 aliphatic rings. The first kappa shape index (κ1) is 14.4. The molecule has 2 rings (SSSR count). The van der Waals surface area contributed by atoms with E-state index < -0.39 is 0 Å². The van der Waals surface area contributed by atoms with Crippen LogP contribution in [-0.4, -0.2) is 12.1 Å². The lowest BCUT2D eigenvalue weighted by Gasteiger charge is -2.17. The fourth-order valence-electron chi connectivity index (χ4n) is 2.08. The van der Waals surface area contributed by atoms with Crippen molar-refractivity contribution < 1.29 is 9.13 Å². The van der Waals surface area contributed by atoms with E-state index >= 15 is 0 Å². The van der Waals surface area contributed by atoms with Gasteiger partial charge in [-0.1, -0.05) is 12.1 Å². The van der Waals surface area contributed by atoms with E-state index in [0.29, 0.717) is 17.7 Å². The summed E-state index contributed by atoms with van der Waals surface area (Å²) >= 11 is 0. The predicted molar refractivity (Wildman–Crippen MR) is 75.6 cm³/mol.